The second-order valence-corrected chi connectivity index (χ2v) is 6.60. The smallest absolute Gasteiger partial charge is 0.211 e. The molecule has 4 N–H and O–H groups in total. The molecule has 8 heteroatoms. The summed E-state index contributed by atoms with van der Waals surface area (Å²) >= 11 is 1.66. The Kier molecular flexibility index (Phi) is 6.01. The third-order valence-electron chi connectivity index (χ3n) is 3.69. The van der Waals surface area contributed by atoms with E-state index in [1.54, 1.807) is 17.5 Å². The van der Waals surface area contributed by atoms with Crippen LogP contribution >= 0.6 is 11.3 Å². The zero-order valence-electron chi connectivity index (χ0n) is 14.8. The molecule has 0 fully saturated rings. The molecule has 0 spiro atoms. The summed E-state index contributed by atoms with van der Waals surface area (Å²) in [7, 11) is 0. The number of thiazole rings is 1. The van der Waals surface area contributed by atoms with E-state index >= 15 is 0 Å². The van der Waals surface area contributed by atoms with Gasteiger partial charge in [0.1, 0.15) is 5.82 Å². The summed E-state index contributed by atoms with van der Waals surface area (Å²) in [6.45, 7) is 2.62. The summed E-state index contributed by atoms with van der Waals surface area (Å²) in [5.74, 6) is 0.472. The maximum atomic E-state index is 10.4. The van der Waals surface area contributed by atoms with Crippen molar-refractivity contribution in [1.29, 1.82) is 0 Å². The van der Waals surface area contributed by atoms with Crippen LogP contribution in [0.3, 0.4) is 0 Å². The predicted molar refractivity (Wildman–Crippen MR) is 110 cm³/mol. The molecule has 0 saturated carbocycles. The van der Waals surface area contributed by atoms with E-state index in [0.29, 0.717) is 18.8 Å². The average molecular weight is 380 g/mol. The van der Waals surface area contributed by atoms with Crippen molar-refractivity contribution >= 4 is 39.9 Å². The fourth-order valence-electron chi connectivity index (χ4n) is 2.45. The quantitative estimate of drug-likeness (QED) is 0.460. The van der Waals surface area contributed by atoms with Crippen molar-refractivity contribution in [3.8, 4) is 0 Å². The van der Waals surface area contributed by atoms with Gasteiger partial charge in [-0.3, -0.25) is 9.20 Å². The SMILES string of the molecule is Cc1cn2ccsc2n1.Nc1ncccc1NCc1cccc(NC=O)c1. The topological polar surface area (TPSA) is 97.3 Å². The minimum atomic E-state index is 0.472. The molecular formula is C19H20N6OS. The minimum Gasteiger partial charge on any atom is -0.382 e. The summed E-state index contributed by atoms with van der Waals surface area (Å²) < 4.78 is 2.03. The van der Waals surface area contributed by atoms with E-state index in [-0.39, 0.29) is 0 Å². The molecule has 0 aliphatic carbocycles. The van der Waals surface area contributed by atoms with E-state index in [1.165, 1.54) is 0 Å². The van der Waals surface area contributed by atoms with Gasteiger partial charge in [-0.2, -0.15) is 0 Å². The molecule has 7 nitrogen and oxygen atoms in total. The number of benzene rings is 1. The van der Waals surface area contributed by atoms with Crippen LogP contribution < -0.4 is 16.4 Å². The second kappa shape index (κ2) is 8.81. The lowest BCUT2D eigenvalue weighted by Gasteiger charge is -2.09. The summed E-state index contributed by atoms with van der Waals surface area (Å²) in [5, 5.41) is 7.84. The number of imidazole rings is 1. The highest BCUT2D eigenvalue weighted by atomic mass is 32.1. The number of rotatable bonds is 5. The number of amides is 1. The Morgan fingerprint density at radius 3 is 2.96 bits per heavy atom. The first-order chi connectivity index (χ1) is 13.2. The van der Waals surface area contributed by atoms with Crippen molar-refractivity contribution < 1.29 is 4.79 Å². The Labute approximate surface area is 160 Å². The first-order valence-corrected chi connectivity index (χ1v) is 9.16. The molecule has 0 bridgehead atoms. The molecule has 0 aliphatic rings. The van der Waals surface area contributed by atoms with Crippen LogP contribution in [0.1, 0.15) is 11.3 Å². The number of aromatic nitrogens is 3. The average Bonchev–Trinajstić information content (AvgIpc) is 3.23. The fraction of sp³-hybridized carbons (Fsp3) is 0.105. The van der Waals surface area contributed by atoms with E-state index < -0.39 is 0 Å². The Hall–Kier alpha value is -3.39. The lowest BCUT2D eigenvalue weighted by Crippen LogP contribution is -2.04. The van der Waals surface area contributed by atoms with Crippen LogP contribution in [0, 0.1) is 6.92 Å². The number of aryl methyl sites for hydroxylation is 1. The number of fused-ring (bicyclic) bond motifs is 1. The van der Waals surface area contributed by atoms with Crippen LogP contribution in [0.15, 0.2) is 60.4 Å². The first-order valence-electron chi connectivity index (χ1n) is 8.28. The van der Waals surface area contributed by atoms with Gasteiger partial charge in [0, 0.05) is 36.2 Å². The molecular weight excluding hydrogens is 360 g/mol. The van der Waals surface area contributed by atoms with Gasteiger partial charge >= 0.3 is 0 Å². The van der Waals surface area contributed by atoms with Crippen molar-refractivity contribution in [3.63, 3.8) is 0 Å². The van der Waals surface area contributed by atoms with Crippen molar-refractivity contribution in [3.05, 3.63) is 71.6 Å². The number of nitrogens with one attached hydrogen (secondary N) is 2. The molecule has 0 saturated heterocycles. The molecule has 0 unspecified atom stereocenters. The Morgan fingerprint density at radius 2 is 2.19 bits per heavy atom. The molecule has 3 heterocycles. The van der Waals surface area contributed by atoms with E-state index in [9.17, 15) is 4.79 Å². The normalized spacial score (nSPS) is 10.1. The monoisotopic (exact) mass is 380 g/mol. The van der Waals surface area contributed by atoms with Crippen LogP contribution in [0.4, 0.5) is 17.2 Å². The van der Waals surface area contributed by atoms with Gasteiger partial charge < -0.3 is 16.4 Å². The summed E-state index contributed by atoms with van der Waals surface area (Å²) in [6, 6.07) is 11.3. The van der Waals surface area contributed by atoms with Gasteiger partial charge in [0.15, 0.2) is 4.96 Å². The standard InChI is InChI=1S/C13H14N4O.C6H6N2S/c14-13-12(5-2-6-15-13)16-8-10-3-1-4-11(7-10)17-9-18;1-5-4-8-2-3-9-6(8)7-5/h1-7,9,16H,8H2,(H2,14,15)(H,17,18);2-4H,1H3. The molecule has 1 aromatic carbocycles. The molecule has 4 aromatic rings. The molecule has 3 aromatic heterocycles. The highest BCUT2D eigenvalue weighted by Crippen LogP contribution is 2.16. The largest absolute Gasteiger partial charge is 0.382 e. The molecule has 0 aliphatic heterocycles. The Bertz CT molecular complexity index is 997. The van der Waals surface area contributed by atoms with Gasteiger partial charge in [-0.25, -0.2) is 9.97 Å². The molecule has 4 rings (SSSR count). The van der Waals surface area contributed by atoms with Crippen molar-refractivity contribution in [2.75, 3.05) is 16.4 Å². The number of carbonyl (C=O) groups excluding carboxylic acids is 1. The predicted octanol–water partition coefficient (Wildman–Crippen LogP) is 3.55. The van der Waals surface area contributed by atoms with Crippen LogP contribution in [0.5, 0.6) is 0 Å². The van der Waals surface area contributed by atoms with Crippen LogP contribution in [-0.4, -0.2) is 20.8 Å². The maximum Gasteiger partial charge on any atom is 0.211 e. The molecule has 0 radical (unpaired) electrons. The van der Waals surface area contributed by atoms with E-state index in [0.717, 1.165) is 27.6 Å². The number of nitrogens with two attached hydrogens (primary N) is 1. The summed E-state index contributed by atoms with van der Waals surface area (Å²) in [5.41, 5.74) is 9.43. The lowest BCUT2D eigenvalue weighted by molar-refractivity contribution is -0.105. The van der Waals surface area contributed by atoms with Gasteiger partial charge in [0.25, 0.3) is 0 Å². The molecule has 138 valence electrons. The van der Waals surface area contributed by atoms with E-state index in [1.807, 2.05) is 65.5 Å². The van der Waals surface area contributed by atoms with Gasteiger partial charge in [-0.1, -0.05) is 12.1 Å². The number of nitrogens with zero attached hydrogens (tertiary/aromatic N) is 3. The first kappa shape index (κ1) is 18.4. The van der Waals surface area contributed by atoms with Crippen LogP contribution in [0.25, 0.3) is 4.96 Å². The molecule has 1 amide bonds. The number of pyridine rings is 1. The zero-order chi connectivity index (χ0) is 19.1. The number of anilines is 3. The zero-order valence-corrected chi connectivity index (χ0v) is 15.6. The van der Waals surface area contributed by atoms with Gasteiger partial charge in [-0.15, -0.1) is 11.3 Å². The maximum absolute atomic E-state index is 10.4. The Morgan fingerprint density at radius 1 is 1.30 bits per heavy atom. The minimum absolute atomic E-state index is 0.472. The number of nitrogen functional groups attached to an aromatic ring is 1. The van der Waals surface area contributed by atoms with E-state index in [2.05, 4.69) is 20.6 Å². The lowest BCUT2D eigenvalue weighted by atomic mass is 10.2. The van der Waals surface area contributed by atoms with E-state index in [4.69, 9.17) is 5.73 Å². The second-order valence-electron chi connectivity index (χ2n) is 5.73. The number of hydrogen-bond acceptors (Lipinski definition) is 6. The van der Waals surface area contributed by atoms with Crippen molar-refractivity contribution in [1.82, 2.24) is 14.4 Å². The third kappa shape index (κ3) is 5.05. The Balaban J connectivity index is 0.000000193. The highest BCUT2D eigenvalue weighted by molar-refractivity contribution is 7.15. The summed E-state index contributed by atoms with van der Waals surface area (Å²) in [6.07, 6.45) is 6.34. The fourth-order valence-corrected chi connectivity index (χ4v) is 3.19. The number of hydrogen-bond donors (Lipinski definition) is 3. The van der Waals surface area contributed by atoms with Crippen molar-refractivity contribution in [2.45, 2.75) is 13.5 Å². The van der Waals surface area contributed by atoms with Gasteiger partial charge in [0.05, 0.1) is 11.4 Å². The van der Waals surface area contributed by atoms with Crippen LogP contribution in [-0.2, 0) is 11.3 Å². The van der Waals surface area contributed by atoms with Gasteiger partial charge in [-0.05, 0) is 36.8 Å². The highest BCUT2D eigenvalue weighted by Gasteiger charge is 1.99. The number of carbonyl (C=O) groups is 1. The molecule has 0 atom stereocenters. The van der Waals surface area contributed by atoms with Crippen molar-refractivity contribution in [2.24, 2.45) is 0 Å². The van der Waals surface area contributed by atoms with Crippen LogP contribution in [0.2, 0.25) is 0 Å². The third-order valence-corrected chi connectivity index (χ3v) is 4.46. The van der Waals surface area contributed by atoms with Gasteiger partial charge in [0.2, 0.25) is 6.41 Å². The molecule has 27 heavy (non-hydrogen) atoms. The summed E-state index contributed by atoms with van der Waals surface area (Å²) in [4.78, 5) is 19.7.